The monoisotopic (exact) mass is 660 g/mol. The van der Waals surface area contributed by atoms with E-state index in [0.29, 0.717) is 60.1 Å². The molecule has 5 N–H and O–H groups in total. The predicted octanol–water partition coefficient (Wildman–Crippen LogP) is 2.38. The number of rotatable bonds is 15. The summed E-state index contributed by atoms with van der Waals surface area (Å²) in [5, 5.41) is 14.1. The standard InChI is InChI=1S/C33H44N10O5/c1-39(2)14-9-13-34-29(44)11-7-12-35-30(45)26-16-22(19-41(26)4)37-32(47)28-18-24(21-43(28)6)38-33(48)27-17-23(20-42(27)5)36-31(46)25-10-8-15-40(25)3/h8,10,15-21H,7,9,11-14H2,1-6H3,(H,34,44)(H,35,45)(H,36,46)(H,37,47)(H,38,48). The van der Waals surface area contributed by atoms with Gasteiger partial charge in [0.2, 0.25) is 5.91 Å². The first-order chi connectivity index (χ1) is 22.8. The number of nitrogens with one attached hydrogen (secondary N) is 5. The van der Waals surface area contributed by atoms with Gasteiger partial charge in [0.05, 0.1) is 17.1 Å². The van der Waals surface area contributed by atoms with E-state index in [-0.39, 0.29) is 23.4 Å². The van der Waals surface area contributed by atoms with Crippen LogP contribution in [0.5, 0.6) is 0 Å². The Morgan fingerprint density at radius 1 is 0.604 bits per heavy atom. The van der Waals surface area contributed by atoms with Crippen molar-refractivity contribution in [2.24, 2.45) is 28.2 Å². The molecule has 4 aromatic rings. The first-order valence-corrected chi connectivity index (χ1v) is 15.6. The van der Waals surface area contributed by atoms with Gasteiger partial charge in [0.15, 0.2) is 0 Å². The number of nitrogens with zero attached hydrogens (tertiary/aromatic N) is 5. The molecule has 0 bridgehead atoms. The van der Waals surface area contributed by atoms with Crippen molar-refractivity contribution >= 4 is 46.6 Å². The molecule has 0 aliphatic carbocycles. The molecule has 4 heterocycles. The van der Waals surface area contributed by atoms with Gasteiger partial charge in [-0.3, -0.25) is 24.0 Å². The third-order valence-electron chi connectivity index (χ3n) is 7.63. The van der Waals surface area contributed by atoms with Gasteiger partial charge < -0.3 is 49.8 Å². The molecule has 0 aliphatic heterocycles. The topological polar surface area (TPSA) is 168 Å². The Morgan fingerprint density at radius 3 is 1.52 bits per heavy atom. The number of hydrogen-bond donors (Lipinski definition) is 5. The van der Waals surface area contributed by atoms with Gasteiger partial charge in [-0.1, -0.05) is 0 Å². The Labute approximate surface area is 279 Å². The van der Waals surface area contributed by atoms with E-state index in [9.17, 15) is 24.0 Å². The molecule has 48 heavy (non-hydrogen) atoms. The summed E-state index contributed by atoms with van der Waals surface area (Å²) < 4.78 is 6.48. The molecule has 0 aliphatic rings. The van der Waals surface area contributed by atoms with Crippen LogP contribution in [0, 0.1) is 0 Å². The van der Waals surface area contributed by atoms with E-state index < -0.39 is 11.8 Å². The fourth-order valence-corrected chi connectivity index (χ4v) is 5.11. The lowest BCUT2D eigenvalue weighted by Crippen LogP contribution is -2.29. The van der Waals surface area contributed by atoms with Crippen molar-refractivity contribution in [1.82, 2.24) is 33.8 Å². The van der Waals surface area contributed by atoms with E-state index in [1.54, 1.807) is 102 Å². The van der Waals surface area contributed by atoms with E-state index in [4.69, 9.17) is 0 Å². The number of aromatic nitrogens is 4. The molecule has 0 spiro atoms. The molecule has 15 heteroatoms. The molecule has 0 saturated heterocycles. The van der Waals surface area contributed by atoms with Gasteiger partial charge in [0.1, 0.15) is 22.8 Å². The summed E-state index contributed by atoms with van der Waals surface area (Å²) in [5.41, 5.74) is 2.70. The van der Waals surface area contributed by atoms with Crippen molar-refractivity contribution < 1.29 is 24.0 Å². The van der Waals surface area contributed by atoms with Crippen LogP contribution in [0.3, 0.4) is 0 Å². The number of hydrogen-bond acceptors (Lipinski definition) is 6. The maximum Gasteiger partial charge on any atom is 0.272 e. The summed E-state index contributed by atoms with van der Waals surface area (Å²) in [4.78, 5) is 65.6. The van der Waals surface area contributed by atoms with Crippen LogP contribution in [0.25, 0.3) is 0 Å². The summed E-state index contributed by atoms with van der Waals surface area (Å²) in [6, 6.07) is 8.15. The largest absolute Gasteiger partial charge is 0.356 e. The van der Waals surface area contributed by atoms with Crippen LogP contribution in [0.4, 0.5) is 17.1 Å². The second kappa shape index (κ2) is 15.8. The van der Waals surface area contributed by atoms with Gasteiger partial charge in [-0.2, -0.15) is 0 Å². The molecule has 256 valence electrons. The lowest BCUT2D eigenvalue weighted by Gasteiger charge is -2.10. The maximum absolute atomic E-state index is 13.1. The Morgan fingerprint density at radius 2 is 1.06 bits per heavy atom. The van der Waals surface area contributed by atoms with E-state index >= 15 is 0 Å². The molecule has 0 aromatic carbocycles. The van der Waals surface area contributed by atoms with Crippen LogP contribution in [-0.2, 0) is 33.0 Å². The van der Waals surface area contributed by atoms with Gasteiger partial charge in [-0.05, 0) is 63.8 Å². The predicted molar refractivity (Wildman–Crippen MR) is 183 cm³/mol. The van der Waals surface area contributed by atoms with Gasteiger partial charge >= 0.3 is 0 Å². The molecule has 4 rings (SSSR count). The van der Waals surface area contributed by atoms with Crippen molar-refractivity contribution in [3.05, 3.63) is 77.9 Å². The Kier molecular flexibility index (Phi) is 11.6. The average molecular weight is 661 g/mol. The molecule has 0 fully saturated rings. The minimum atomic E-state index is -0.434. The van der Waals surface area contributed by atoms with Crippen molar-refractivity contribution in [1.29, 1.82) is 0 Å². The molecule has 0 atom stereocenters. The second-order valence-electron chi connectivity index (χ2n) is 11.9. The minimum Gasteiger partial charge on any atom is -0.356 e. The van der Waals surface area contributed by atoms with Crippen molar-refractivity contribution in [2.75, 3.05) is 49.7 Å². The van der Waals surface area contributed by atoms with Gasteiger partial charge in [-0.15, -0.1) is 0 Å². The minimum absolute atomic E-state index is 0.0474. The summed E-state index contributed by atoms with van der Waals surface area (Å²) >= 11 is 0. The lowest BCUT2D eigenvalue weighted by molar-refractivity contribution is -0.121. The molecule has 0 unspecified atom stereocenters. The number of carbonyl (C=O) groups is 5. The normalized spacial score (nSPS) is 11.0. The first kappa shape index (κ1) is 35.3. The molecular formula is C33H44N10O5. The van der Waals surface area contributed by atoms with Gasteiger partial charge in [0.25, 0.3) is 23.6 Å². The number of carbonyl (C=O) groups excluding carboxylic acids is 5. The van der Waals surface area contributed by atoms with Crippen LogP contribution in [0.2, 0.25) is 0 Å². The Balaban J connectivity index is 1.28. The molecule has 0 radical (unpaired) electrons. The van der Waals surface area contributed by atoms with Crippen LogP contribution >= 0.6 is 0 Å². The fourth-order valence-electron chi connectivity index (χ4n) is 5.11. The molecule has 5 amide bonds. The number of anilines is 3. The van der Waals surface area contributed by atoms with Gasteiger partial charge in [-0.25, -0.2) is 0 Å². The summed E-state index contributed by atoms with van der Waals surface area (Å²) in [6.45, 7) is 1.85. The van der Waals surface area contributed by atoms with E-state index in [1.807, 2.05) is 14.1 Å². The molecule has 15 nitrogen and oxygen atoms in total. The number of amides is 5. The SMILES string of the molecule is CN(C)CCCNC(=O)CCCNC(=O)c1cc(NC(=O)c2cc(NC(=O)c3cc(NC(=O)c4cccn4C)cn3C)cn2C)cn1C. The van der Waals surface area contributed by atoms with Crippen LogP contribution < -0.4 is 26.6 Å². The highest BCUT2D eigenvalue weighted by molar-refractivity contribution is 6.08. The third kappa shape index (κ3) is 9.25. The summed E-state index contributed by atoms with van der Waals surface area (Å²) in [6.07, 6.45) is 8.34. The lowest BCUT2D eigenvalue weighted by atomic mass is 10.2. The molecule has 0 saturated carbocycles. The zero-order valence-corrected chi connectivity index (χ0v) is 28.2. The number of aryl methyl sites for hydroxylation is 4. The smallest absolute Gasteiger partial charge is 0.272 e. The molecule has 4 aromatic heterocycles. The average Bonchev–Trinajstić information content (AvgIpc) is 3.79. The third-order valence-corrected chi connectivity index (χ3v) is 7.63. The first-order valence-electron chi connectivity index (χ1n) is 15.6. The van der Waals surface area contributed by atoms with E-state index in [0.717, 1.165) is 13.0 Å². The fraction of sp³-hybridized carbons (Fsp3) is 0.364. The second-order valence-corrected chi connectivity index (χ2v) is 11.9. The van der Waals surface area contributed by atoms with E-state index in [1.165, 1.54) is 0 Å². The highest BCUT2D eigenvalue weighted by atomic mass is 16.2. The quantitative estimate of drug-likeness (QED) is 0.123. The van der Waals surface area contributed by atoms with Crippen LogP contribution in [0.1, 0.15) is 61.2 Å². The van der Waals surface area contributed by atoms with Gasteiger partial charge in [0, 0.05) is 72.5 Å². The summed E-state index contributed by atoms with van der Waals surface area (Å²) in [5.74, 6) is -1.52. The summed E-state index contributed by atoms with van der Waals surface area (Å²) in [7, 11) is 10.8. The van der Waals surface area contributed by atoms with Crippen molar-refractivity contribution in [2.45, 2.75) is 19.3 Å². The zero-order valence-electron chi connectivity index (χ0n) is 28.2. The maximum atomic E-state index is 13.1. The van der Waals surface area contributed by atoms with Crippen LogP contribution in [-0.4, -0.2) is 86.4 Å². The Bertz CT molecular complexity index is 1790. The van der Waals surface area contributed by atoms with E-state index in [2.05, 4.69) is 31.5 Å². The molecular weight excluding hydrogens is 616 g/mol. The van der Waals surface area contributed by atoms with Crippen LogP contribution in [0.15, 0.2) is 55.1 Å². The highest BCUT2D eigenvalue weighted by Crippen LogP contribution is 2.20. The Hall–Kier alpha value is -5.57. The zero-order chi connectivity index (χ0) is 35.0. The van der Waals surface area contributed by atoms with Crippen molar-refractivity contribution in [3.63, 3.8) is 0 Å². The highest BCUT2D eigenvalue weighted by Gasteiger charge is 2.19. The van der Waals surface area contributed by atoms with Crippen molar-refractivity contribution in [3.8, 4) is 0 Å².